The summed E-state index contributed by atoms with van der Waals surface area (Å²) in [5.74, 6) is -0.0405. The van der Waals surface area contributed by atoms with Gasteiger partial charge in [-0.1, -0.05) is 25.2 Å². The largest absolute Gasteiger partial charge is 0.353 e. The van der Waals surface area contributed by atoms with Crippen LogP contribution in [-0.4, -0.2) is 33.0 Å². The monoisotopic (exact) mass is 407 g/mol. The highest BCUT2D eigenvalue weighted by Gasteiger charge is 2.28. The SMILES string of the molecule is CCc1nnc(NC(=O)C(C)C(C)NC(=O)Cc2sc(C3CC3)nc2C)s1. The highest BCUT2D eigenvalue weighted by molar-refractivity contribution is 7.15. The fourth-order valence-electron chi connectivity index (χ4n) is 2.59. The van der Waals surface area contributed by atoms with Crippen LogP contribution in [0.15, 0.2) is 0 Å². The van der Waals surface area contributed by atoms with Crippen LogP contribution in [0.3, 0.4) is 0 Å². The van der Waals surface area contributed by atoms with Crippen LogP contribution in [0.25, 0.3) is 0 Å². The van der Waals surface area contributed by atoms with Gasteiger partial charge in [0.05, 0.1) is 23.0 Å². The van der Waals surface area contributed by atoms with Crippen molar-refractivity contribution in [2.45, 2.75) is 65.3 Å². The van der Waals surface area contributed by atoms with Crippen molar-refractivity contribution in [3.05, 3.63) is 20.6 Å². The van der Waals surface area contributed by atoms with Gasteiger partial charge in [-0.2, -0.15) is 0 Å². The second kappa shape index (κ2) is 8.43. The van der Waals surface area contributed by atoms with Gasteiger partial charge in [-0.05, 0) is 33.1 Å². The summed E-state index contributed by atoms with van der Waals surface area (Å²) in [6.07, 6.45) is 3.51. The van der Waals surface area contributed by atoms with E-state index in [2.05, 4.69) is 25.8 Å². The Bertz CT molecular complexity index is 828. The van der Waals surface area contributed by atoms with Gasteiger partial charge in [-0.15, -0.1) is 21.5 Å². The molecule has 2 aromatic rings. The second-order valence-electron chi connectivity index (χ2n) is 7.00. The van der Waals surface area contributed by atoms with Gasteiger partial charge in [0.25, 0.3) is 0 Å². The van der Waals surface area contributed by atoms with E-state index in [1.165, 1.54) is 24.2 Å². The molecule has 1 saturated carbocycles. The van der Waals surface area contributed by atoms with Crippen LogP contribution in [0, 0.1) is 12.8 Å². The van der Waals surface area contributed by atoms with E-state index in [1.807, 2.05) is 20.8 Å². The minimum atomic E-state index is -0.382. The van der Waals surface area contributed by atoms with Crippen molar-refractivity contribution < 1.29 is 9.59 Å². The molecule has 2 amide bonds. The van der Waals surface area contributed by atoms with Gasteiger partial charge >= 0.3 is 0 Å². The number of rotatable bonds is 8. The molecule has 0 saturated heterocycles. The van der Waals surface area contributed by atoms with Gasteiger partial charge in [0.1, 0.15) is 5.01 Å². The second-order valence-corrected chi connectivity index (χ2v) is 9.18. The Kier molecular flexibility index (Phi) is 6.21. The molecule has 2 N–H and O–H groups in total. The standard InChI is InChI=1S/C18H25N5O2S2/c1-5-15-22-23-18(27-15)21-16(25)9(2)10(3)19-14(24)8-13-11(4)20-17(26-13)12-6-7-12/h9-10,12H,5-8H2,1-4H3,(H,19,24)(H,21,23,25). The van der Waals surface area contributed by atoms with E-state index >= 15 is 0 Å². The minimum absolute atomic E-state index is 0.0829. The molecule has 2 unspecified atom stereocenters. The zero-order valence-corrected chi connectivity index (χ0v) is 17.7. The van der Waals surface area contributed by atoms with Crippen LogP contribution in [0.2, 0.25) is 0 Å². The number of amides is 2. The van der Waals surface area contributed by atoms with Crippen molar-refractivity contribution in [3.63, 3.8) is 0 Å². The van der Waals surface area contributed by atoms with Crippen LogP contribution in [0.4, 0.5) is 5.13 Å². The Morgan fingerprint density at radius 3 is 2.59 bits per heavy atom. The topological polar surface area (TPSA) is 96.9 Å². The quantitative estimate of drug-likeness (QED) is 0.701. The highest BCUT2D eigenvalue weighted by Crippen LogP contribution is 2.42. The number of nitrogens with zero attached hydrogens (tertiary/aromatic N) is 3. The number of hydrogen-bond acceptors (Lipinski definition) is 7. The molecule has 3 rings (SSSR count). The number of nitrogens with one attached hydrogen (secondary N) is 2. The Balaban J connectivity index is 1.51. The first kappa shape index (κ1) is 19.9. The minimum Gasteiger partial charge on any atom is -0.353 e. The summed E-state index contributed by atoms with van der Waals surface area (Å²) >= 11 is 3.01. The number of thiazole rings is 1. The molecule has 1 fully saturated rings. The average Bonchev–Trinajstić information content (AvgIpc) is 3.28. The Morgan fingerprint density at radius 1 is 1.22 bits per heavy atom. The van der Waals surface area contributed by atoms with Gasteiger partial charge in [-0.3, -0.25) is 9.59 Å². The number of hydrogen-bond donors (Lipinski definition) is 2. The van der Waals surface area contributed by atoms with Crippen molar-refractivity contribution in [2.75, 3.05) is 5.32 Å². The summed E-state index contributed by atoms with van der Waals surface area (Å²) in [5, 5.41) is 16.2. The first-order valence-corrected chi connectivity index (χ1v) is 10.9. The zero-order chi connectivity index (χ0) is 19.6. The number of anilines is 1. The summed E-state index contributed by atoms with van der Waals surface area (Å²) in [4.78, 5) is 30.4. The van der Waals surface area contributed by atoms with Crippen molar-refractivity contribution in [3.8, 4) is 0 Å². The fraction of sp³-hybridized carbons (Fsp3) is 0.611. The molecule has 2 atom stereocenters. The van der Waals surface area contributed by atoms with Crippen LogP contribution in [0.5, 0.6) is 0 Å². The zero-order valence-electron chi connectivity index (χ0n) is 16.0. The Morgan fingerprint density at radius 2 is 1.96 bits per heavy atom. The Hall–Kier alpha value is -1.87. The molecule has 27 heavy (non-hydrogen) atoms. The predicted molar refractivity (Wildman–Crippen MR) is 107 cm³/mol. The van der Waals surface area contributed by atoms with E-state index in [0.717, 1.165) is 27.0 Å². The molecule has 0 spiro atoms. The molecule has 2 heterocycles. The third-order valence-electron chi connectivity index (χ3n) is 4.71. The first-order valence-electron chi connectivity index (χ1n) is 9.26. The normalized spacial score (nSPS) is 16.0. The summed E-state index contributed by atoms with van der Waals surface area (Å²) in [7, 11) is 0. The smallest absolute Gasteiger partial charge is 0.231 e. The number of aromatic nitrogens is 3. The lowest BCUT2D eigenvalue weighted by Gasteiger charge is -2.20. The lowest BCUT2D eigenvalue weighted by atomic mass is 10.0. The molecule has 0 aliphatic heterocycles. The third-order valence-corrected chi connectivity index (χ3v) is 7.01. The molecule has 1 aliphatic carbocycles. The van der Waals surface area contributed by atoms with Crippen molar-refractivity contribution >= 4 is 39.6 Å². The van der Waals surface area contributed by atoms with E-state index in [-0.39, 0.29) is 23.8 Å². The van der Waals surface area contributed by atoms with Gasteiger partial charge in [0.15, 0.2) is 0 Å². The van der Waals surface area contributed by atoms with Crippen molar-refractivity contribution in [1.29, 1.82) is 0 Å². The van der Waals surface area contributed by atoms with E-state index in [1.54, 1.807) is 18.3 Å². The summed E-state index contributed by atoms with van der Waals surface area (Å²) in [6.45, 7) is 7.59. The molecule has 0 radical (unpaired) electrons. The van der Waals surface area contributed by atoms with E-state index in [9.17, 15) is 9.59 Å². The van der Waals surface area contributed by atoms with Gasteiger partial charge in [-0.25, -0.2) is 4.98 Å². The molecule has 9 heteroatoms. The lowest BCUT2D eigenvalue weighted by Crippen LogP contribution is -2.42. The molecule has 2 aromatic heterocycles. The Labute approximate surface area is 167 Å². The summed E-state index contributed by atoms with van der Waals surface area (Å²) in [6, 6.07) is -0.285. The van der Waals surface area contributed by atoms with Gasteiger partial charge in [0, 0.05) is 16.8 Å². The maximum absolute atomic E-state index is 12.4. The third kappa shape index (κ3) is 5.10. The molecule has 0 aromatic carbocycles. The van der Waals surface area contributed by atoms with E-state index in [4.69, 9.17) is 0 Å². The van der Waals surface area contributed by atoms with E-state index in [0.29, 0.717) is 17.5 Å². The predicted octanol–water partition coefficient (Wildman–Crippen LogP) is 3.06. The summed E-state index contributed by atoms with van der Waals surface area (Å²) < 4.78 is 0. The first-order chi connectivity index (χ1) is 12.9. The lowest BCUT2D eigenvalue weighted by molar-refractivity contribution is -0.123. The molecule has 146 valence electrons. The number of carbonyl (C=O) groups excluding carboxylic acids is 2. The fourth-order valence-corrected chi connectivity index (χ4v) is 4.50. The molecule has 7 nitrogen and oxygen atoms in total. The number of aryl methyl sites for hydroxylation is 2. The average molecular weight is 408 g/mol. The van der Waals surface area contributed by atoms with Crippen LogP contribution in [-0.2, 0) is 22.4 Å². The van der Waals surface area contributed by atoms with Crippen LogP contribution < -0.4 is 10.6 Å². The van der Waals surface area contributed by atoms with Crippen molar-refractivity contribution in [2.24, 2.45) is 5.92 Å². The molecule has 1 aliphatic rings. The van der Waals surface area contributed by atoms with Crippen molar-refractivity contribution in [1.82, 2.24) is 20.5 Å². The molecular formula is C18H25N5O2S2. The van der Waals surface area contributed by atoms with Gasteiger partial charge in [0.2, 0.25) is 16.9 Å². The van der Waals surface area contributed by atoms with E-state index < -0.39 is 0 Å². The summed E-state index contributed by atoms with van der Waals surface area (Å²) in [5.41, 5.74) is 0.943. The molecule has 0 bridgehead atoms. The van der Waals surface area contributed by atoms with Gasteiger partial charge < -0.3 is 10.6 Å². The van der Waals surface area contributed by atoms with Crippen LogP contribution in [0.1, 0.15) is 60.1 Å². The van der Waals surface area contributed by atoms with Crippen LogP contribution >= 0.6 is 22.7 Å². The molecular weight excluding hydrogens is 382 g/mol. The maximum Gasteiger partial charge on any atom is 0.231 e. The number of carbonyl (C=O) groups is 2. The highest BCUT2D eigenvalue weighted by atomic mass is 32.1. The maximum atomic E-state index is 12.4.